The quantitative estimate of drug-likeness (QED) is 0.826. The topological polar surface area (TPSA) is 62.2 Å². The van der Waals surface area contributed by atoms with Crippen molar-refractivity contribution in [2.75, 3.05) is 0 Å². The standard InChI is InChI=1S/C19H24N2O2/c1-3-15-10-12-20-17(13-15)14-21-18(22)19(2,23)11-9-16-7-5-4-6-8-16/h4-8,10,12-13,23H,3,9,11,14H2,1-2H3,(H,21,22)/t19-/m0/s1. The van der Waals surface area contributed by atoms with Gasteiger partial charge in [0.25, 0.3) is 5.91 Å². The van der Waals surface area contributed by atoms with Crippen LogP contribution in [0.3, 0.4) is 0 Å². The number of rotatable bonds is 7. The summed E-state index contributed by atoms with van der Waals surface area (Å²) in [6.45, 7) is 3.96. The van der Waals surface area contributed by atoms with Gasteiger partial charge in [-0.2, -0.15) is 0 Å². The van der Waals surface area contributed by atoms with Gasteiger partial charge in [0.1, 0.15) is 5.60 Å². The summed E-state index contributed by atoms with van der Waals surface area (Å²) in [6, 6.07) is 13.8. The molecule has 1 heterocycles. The molecule has 0 saturated heterocycles. The lowest BCUT2D eigenvalue weighted by molar-refractivity contribution is -0.138. The van der Waals surface area contributed by atoms with Gasteiger partial charge in [0, 0.05) is 6.20 Å². The first kappa shape index (κ1) is 17.2. The van der Waals surface area contributed by atoms with E-state index >= 15 is 0 Å². The minimum atomic E-state index is -1.39. The molecule has 4 heteroatoms. The Kier molecular flexibility index (Phi) is 5.88. The van der Waals surface area contributed by atoms with Crippen LogP contribution in [0.1, 0.15) is 37.1 Å². The number of carbonyl (C=O) groups is 1. The average Bonchev–Trinajstić information content (AvgIpc) is 2.59. The molecule has 1 amide bonds. The van der Waals surface area contributed by atoms with Gasteiger partial charge in [0.2, 0.25) is 0 Å². The maximum Gasteiger partial charge on any atom is 0.252 e. The van der Waals surface area contributed by atoms with Crippen LogP contribution < -0.4 is 5.32 Å². The lowest BCUT2D eigenvalue weighted by Gasteiger charge is -2.22. The van der Waals surface area contributed by atoms with Crippen LogP contribution in [0.15, 0.2) is 48.7 Å². The number of aliphatic hydroxyl groups is 1. The monoisotopic (exact) mass is 312 g/mol. The fourth-order valence-corrected chi connectivity index (χ4v) is 2.35. The Morgan fingerprint density at radius 2 is 1.96 bits per heavy atom. The van der Waals surface area contributed by atoms with E-state index in [9.17, 15) is 9.90 Å². The lowest BCUT2D eigenvalue weighted by atomic mass is 9.96. The molecule has 122 valence electrons. The zero-order chi connectivity index (χ0) is 16.7. The minimum absolute atomic E-state index is 0.328. The molecule has 2 aromatic rings. The fraction of sp³-hybridized carbons (Fsp3) is 0.368. The Labute approximate surface area is 137 Å². The fourth-order valence-electron chi connectivity index (χ4n) is 2.35. The Hall–Kier alpha value is -2.20. The van der Waals surface area contributed by atoms with Crippen molar-refractivity contribution in [3.05, 3.63) is 65.5 Å². The summed E-state index contributed by atoms with van der Waals surface area (Å²) in [5.41, 5.74) is 1.70. The van der Waals surface area contributed by atoms with Gasteiger partial charge in [-0.15, -0.1) is 0 Å². The molecule has 1 aromatic carbocycles. The number of carbonyl (C=O) groups excluding carboxylic acids is 1. The van der Waals surface area contributed by atoms with E-state index in [1.165, 1.54) is 5.56 Å². The van der Waals surface area contributed by atoms with E-state index in [2.05, 4.69) is 17.2 Å². The molecule has 0 radical (unpaired) electrons. The maximum absolute atomic E-state index is 12.2. The van der Waals surface area contributed by atoms with Crippen molar-refractivity contribution >= 4 is 5.91 Å². The van der Waals surface area contributed by atoms with Crippen LogP contribution in [-0.2, 0) is 24.2 Å². The molecule has 23 heavy (non-hydrogen) atoms. The van der Waals surface area contributed by atoms with Crippen LogP contribution in [0.5, 0.6) is 0 Å². The summed E-state index contributed by atoms with van der Waals surface area (Å²) >= 11 is 0. The zero-order valence-electron chi connectivity index (χ0n) is 13.7. The highest BCUT2D eigenvalue weighted by molar-refractivity contribution is 5.84. The largest absolute Gasteiger partial charge is 0.380 e. The predicted octanol–water partition coefficient (Wildman–Crippen LogP) is 2.64. The van der Waals surface area contributed by atoms with E-state index in [4.69, 9.17) is 0 Å². The number of hydrogen-bond acceptors (Lipinski definition) is 3. The molecule has 1 atom stereocenters. The summed E-state index contributed by atoms with van der Waals surface area (Å²) in [5, 5.41) is 13.2. The van der Waals surface area contributed by atoms with E-state index in [1.54, 1.807) is 13.1 Å². The maximum atomic E-state index is 12.2. The molecule has 1 aromatic heterocycles. The molecule has 4 nitrogen and oxygen atoms in total. The summed E-state index contributed by atoms with van der Waals surface area (Å²) in [7, 11) is 0. The molecule has 0 fully saturated rings. The third kappa shape index (κ3) is 5.18. The Bertz CT molecular complexity index is 639. The van der Waals surface area contributed by atoms with Crippen molar-refractivity contribution in [3.8, 4) is 0 Å². The normalized spacial score (nSPS) is 13.3. The molecular weight excluding hydrogens is 288 g/mol. The van der Waals surface area contributed by atoms with Crippen molar-refractivity contribution in [2.24, 2.45) is 0 Å². The van der Waals surface area contributed by atoms with E-state index in [0.29, 0.717) is 19.4 Å². The Balaban J connectivity index is 1.87. The highest BCUT2D eigenvalue weighted by Crippen LogP contribution is 2.14. The number of benzene rings is 1. The summed E-state index contributed by atoms with van der Waals surface area (Å²) in [4.78, 5) is 16.5. The number of hydrogen-bond donors (Lipinski definition) is 2. The zero-order valence-corrected chi connectivity index (χ0v) is 13.7. The van der Waals surface area contributed by atoms with E-state index in [-0.39, 0.29) is 5.91 Å². The van der Waals surface area contributed by atoms with Crippen LogP contribution >= 0.6 is 0 Å². The van der Waals surface area contributed by atoms with Gasteiger partial charge < -0.3 is 10.4 Å². The smallest absolute Gasteiger partial charge is 0.252 e. The first-order chi connectivity index (χ1) is 11.0. The third-order valence-corrected chi connectivity index (χ3v) is 3.95. The Morgan fingerprint density at radius 3 is 2.65 bits per heavy atom. The van der Waals surface area contributed by atoms with Gasteiger partial charge in [-0.3, -0.25) is 9.78 Å². The average molecular weight is 312 g/mol. The molecule has 0 saturated carbocycles. The first-order valence-electron chi connectivity index (χ1n) is 7.99. The van der Waals surface area contributed by atoms with E-state index in [0.717, 1.165) is 17.7 Å². The molecule has 2 rings (SSSR count). The van der Waals surface area contributed by atoms with Crippen LogP contribution in [-0.4, -0.2) is 21.6 Å². The number of amides is 1. The molecule has 2 N–H and O–H groups in total. The molecule has 0 aliphatic rings. The highest BCUT2D eigenvalue weighted by Gasteiger charge is 2.29. The van der Waals surface area contributed by atoms with Gasteiger partial charge in [0.15, 0.2) is 0 Å². The lowest BCUT2D eigenvalue weighted by Crippen LogP contribution is -2.44. The molecule has 0 aliphatic heterocycles. The molecule has 0 aliphatic carbocycles. The number of nitrogens with one attached hydrogen (secondary N) is 1. The van der Waals surface area contributed by atoms with Crippen molar-refractivity contribution in [1.29, 1.82) is 0 Å². The second-order valence-corrected chi connectivity index (χ2v) is 5.95. The first-order valence-corrected chi connectivity index (χ1v) is 7.99. The number of aromatic nitrogens is 1. The highest BCUT2D eigenvalue weighted by atomic mass is 16.3. The van der Waals surface area contributed by atoms with Gasteiger partial charge >= 0.3 is 0 Å². The van der Waals surface area contributed by atoms with Crippen LogP contribution in [0, 0.1) is 0 Å². The van der Waals surface area contributed by atoms with Crippen molar-refractivity contribution < 1.29 is 9.90 Å². The SMILES string of the molecule is CCc1ccnc(CNC(=O)[C@@](C)(O)CCc2ccccc2)c1. The van der Waals surface area contributed by atoms with Gasteiger partial charge in [-0.05, 0) is 49.4 Å². The van der Waals surface area contributed by atoms with Crippen molar-refractivity contribution in [2.45, 2.75) is 45.3 Å². The third-order valence-electron chi connectivity index (χ3n) is 3.95. The summed E-state index contributed by atoms with van der Waals surface area (Å²) in [6.07, 6.45) is 3.71. The molecule has 0 bridgehead atoms. The van der Waals surface area contributed by atoms with Gasteiger partial charge in [-0.1, -0.05) is 37.3 Å². The number of pyridine rings is 1. The van der Waals surface area contributed by atoms with Crippen LogP contribution in [0.4, 0.5) is 0 Å². The van der Waals surface area contributed by atoms with Gasteiger partial charge in [-0.25, -0.2) is 0 Å². The van der Waals surface area contributed by atoms with Gasteiger partial charge in [0.05, 0.1) is 12.2 Å². The molecular formula is C19H24N2O2. The van der Waals surface area contributed by atoms with Crippen molar-refractivity contribution in [1.82, 2.24) is 10.3 Å². The predicted molar refractivity (Wildman–Crippen MR) is 90.8 cm³/mol. The molecule has 0 spiro atoms. The van der Waals surface area contributed by atoms with Crippen LogP contribution in [0.2, 0.25) is 0 Å². The van der Waals surface area contributed by atoms with E-state index < -0.39 is 5.60 Å². The number of aryl methyl sites for hydroxylation is 2. The minimum Gasteiger partial charge on any atom is -0.380 e. The summed E-state index contributed by atoms with van der Waals surface area (Å²) < 4.78 is 0. The Morgan fingerprint density at radius 1 is 1.22 bits per heavy atom. The van der Waals surface area contributed by atoms with Crippen molar-refractivity contribution in [3.63, 3.8) is 0 Å². The second-order valence-electron chi connectivity index (χ2n) is 5.95. The van der Waals surface area contributed by atoms with Crippen LogP contribution in [0.25, 0.3) is 0 Å². The number of nitrogens with zero attached hydrogens (tertiary/aromatic N) is 1. The summed E-state index contributed by atoms with van der Waals surface area (Å²) in [5.74, 6) is -0.364. The second kappa shape index (κ2) is 7.88. The molecule has 0 unspecified atom stereocenters. The van der Waals surface area contributed by atoms with E-state index in [1.807, 2.05) is 42.5 Å².